The van der Waals surface area contributed by atoms with Crippen molar-refractivity contribution in [3.8, 4) is 28.1 Å². The summed E-state index contributed by atoms with van der Waals surface area (Å²) in [6.45, 7) is 2.70. The molecule has 6 nitrogen and oxygen atoms in total. The highest BCUT2D eigenvalue weighted by molar-refractivity contribution is 5.95. The molecule has 188 valence electrons. The third kappa shape index (κ3) is 5.06. The van der Waals surface area contributed by atoms with Crippen molar-refractivity contribution in [3.63, 3.8) is 0 Å². The van der Waals surface area contributed by atoms with Gasteiger partial charge in [-0.25, -0.2) is 0 Å². The van der Waals surface area contributed by atoms with Gasteiger partial charge in [-0.3, -0.25) is 4.79 Å². The first-order valence-corrected chi connectivity index (χ1v) is 12.9. The molecule has 1 saturated heterocycles. The number of piperazine rings is 1. The fourth-order valence-corrected chi connectivity index (χ4v) is 4.88. The van der Waals surface area contributed by atoms with Crippen molar-refractivity contribution in [3.05, 3.63) is 109 Å². The van der Waals surface area contributed by atoms with E-state index in [0.717, 1.165) is 28.2 Å². The second-order valence-corrected chi connectivity index (χ2v) is 9.35. The van der Waals surface area contributed by atoms with Crippen LogP contribution in [0, 0.1) is 0 Å². The maximum absolute atomic E-state index is 12.8. The van der Waals surface area contributed by atoms with E-state index < -0.39 is 0 Å². The molecule has 1 aliphatic heterocycles. The van der Waals surface area contributed by atoms with Crippen molar-refractivity contribution in [2.24, 2.45) is 0 Å². The minimum Gasteiger partial charge on any atom is -0.484 e. The monoisotopic (exact) mass is 500 g/mol. The molecule has 0 saturated carbocycles. The van der Waals surface area contributed by atoms with Gasteiger partial charge in [-0.1, -0.05) is 84.9 Å². The van der Waals surface area contributed by atoms with Crippen molar-refractivity contribution < 1.29 is 9.53 Å². The van der Waals surface area contributed by atoms with Gasteiger partial charge in [-0.2, -0.15) is 0 Å². The smallest absolute Gasteiger partial charge is 0.260 e. The topological polar surface area (TPSA) is 58.6 Å². The number of aromatic nitrogens is 2. The van der Waals surface area contributed by atoms with Gasteiger partial charge in [0, 0.05) is 31.7 Å². The lowest BCUT2D eigenvalue weighted by molar-refractivity contribution is -0.133. The average molecular weight is 501 g/mol. The van der Waals surface area contributed by atoms with Gasteiger partial charge < -0.3 is 14.5 Å². The zero-order valence-electron chi connectivity index (χ0n) is 21.0. The molecule has 38 heavy (non-hydrogen) atoms. The number of hydrogen-bond acceptors (Lipinski definition) is 5. The average Bonchev–Trinajstić information content (AvgIpc) is 3.00. The molecule has 6 rings (SSSR count). The highest BCUT2D eigenvalue weighted by Crippen LogP contribution is 2.28. The molecule has 0 bridgehead atoms. The van der Waals surface area contributed by atoms with E-state index >= 15 is 0 Å². The first-order valence-electron chi connectivity index (χ1n) is 12.9. The standard InChI is InChI=1S/C32H28N4O2/c37-32(23-38-27-15-13-25(14-16-27)24-7-2-1-3-8-24)36-21-19-35(20-22-36)31-18-17-30(33-34-31)29-12-6-10-26-9-4-5-11-28(26)29/h1-18H,19-23H2. The number of rotatable bonds is 6. The van der Waals surface area contributed by atoms with Crippen molar-refractivity contribution in [1.82, 2.24) is 15.1 Å². The summed E-state index contributed by atoms with van der Waals surface area (Å²) in [5.74, 6) is 1.52. The number of carbonyl (C=O) groups is 1. The molecule has 0 N–H and O–H groups in total. The van der Waals surface area contributed by atoms with Crippen molar-refractivity contribution in [2.75, 3.05) is 37.7 Å². The molecule has 1 aliphatic rings. The number of amides is 1. The molecule has 0 spiro atoms. The predicted molar refractivity (Wildman–Crippen MR) is 151 cm³/mol. The summed E-state index contributed by atoms with van der Waals surface area (Å²) in [6.07, 6.45) is 0. The summed E-state index contributed by atoms with van der Waals surface area (Å²) in [5, 5.41) is 11.4. The first-order chi connectivity index (χ1) is 18.7. The van der Waals surface area contributed by atoms with Crippen LogP contribution in [0.15, 0.2) is 109 Å². The molecule has 5 aromatic rings. The summed E-state index contributed by atoms with van der Waals surface area (Å²) in [7, 11) is 0. The Morgan fingerprint density at radius 1 is 0.684 bits per heavy atom. The van der Waals surface area contributed by atoms with E-state index in [1.54, 1.807) is 0 Å². The van der Waals surface area contributed by atoms with Crippen LogP contribution in [0.5, 0.6) is 5.75 Å². The Morgan fingerprint density at radius 3 is 2.16 bits per heavy atom. The molecule has 0 atom stereocenters. The Labute approximate surface area is 222 Å². The number of carbonyl (C=O) groups excluding carboxylic acids is 1. The second-order valence-electron chi connectivity index (χ2n) is 9.35. The number of anilines is 1. The summed E-state index contributed by atoms with van der Waals surface area (Å²) >= 11 is 0. The second kappa shape index (κ2) is 10.7. The van der Waals surface area contributed by atoms with Crippen LogP contribution < -0.4 is 9.64 Å². The maximum Gasteiger partial charge on any atom is 0.260 e. The lowest BCUT2D eigenvalue weighted by Crippen LogP contribution is -2.50. The molecule has 0 aliphatic carbocycles. The van der Waals surface area contributed by atoms with Crippen LogP contribution >= 0.6 is 0 Å². The Bertz CT molecular complexity index is 1520. The molecule has 6 heteroatoms. The van der Waals surface area contributed by atoms with Gasteiger partial charge in [0.1, 0.15) is 5.75 Å². The number of benzene rings is 4. The summed E-state index contributed by atoms with van der Waals surface area (Å²) in [5.41, 5.74) is 4.20. The molecule has 1 aromatic heterocycles. The van der Waals surface area contributed by atoms with Gasteiger partial charge in [0.05, 0.1) is 5.69 Å². The fraction of sp³-hybridized carbons (Fsp3) is 0.156. The number of hydrogen-bond donors (Lipinski definition) is 0. The third-order valence-corrected chi connectivity index (χ3v) is 7.00. The Hall–Kier alpha value is -4.71. The maximum atomic E-state index is 12.8. The zero-order valence-corrected chi connectivity index (χ0v) is 21.0. The molecule has 2 heterocycles. The lowest BCUT2D eigenvalue weighted by atomic mass is 10.0. The fourth-order valence-electron chi connectivity index (χ4n) is 4.88. The highest BCUT2D eigenvalue weighted by Gasteiger charge is 2.22. The van der Waals surface area contributed by atoms with E-state index in [4.69, 9.17) is 4.74 Å². The molecule has 4 aromatic carbocycles. The van der Waals surface area contributed by atoms with Gasteiger partial charge in [-0.15, -0.1) is 10.2 Å². The summed E-state index contributed by atoms with van der Waals surface area (Å²) in [4.78, 5) is 16.8. The molecular formula is C32H28N4O2. The van der Waals surface area contributed by atoms with Gasteiger partial charge in [0.25, 0.3) is 5.91 Å². The van der Waals surface area contributed by atoms with E-state index in [-0.39, 0.29) is 12.5 Å². The normalized spacial score (nSPS) is 13.5. The van der Waals surface area contributed by atoms with E-state index in [9.17, 15) is 4.79 Å². The minimum absolute atomic E-state index is 0.00539. The van der Waals surface area contributed by atoms with Crippen LogP contribution in [0.1, 0.15) is 0 Å². The molecule has 1 amide bonds. The van der Waals surface area contributed by atoms with Crippen LogP contribution in [0.4, 0.5) is 5.82 Å². The molecule has 1 fully saturated rings. The number of fused-ring (bicyclic) bond motifs is 1. The third-order valence-electron chi connectivity index (χ3n) is 7.00. The minimum atomic E-state index is -0.00539. The number of ether oxygens (including phenoxy) is 1. The molecule has 0 unspecified atom stereocenters. The van der Waals surface area contributed by atoms with Crippen molar-refractivity contribution >= 4 is 22.5 Å². The van der Waals surface area contributed by atoms with Gasteiger partial charge in [-0.05, 0) is 46.2 Å². The first kappa shape index (κ1) is 23.7. The SMILES string of the molecule is O=C(COc1ccc(-c2ccccc2)cc1)N1CCN(c2ccc(-c3cccc4ccccc34)nn2)CC1. The Morgan fingerprint density at radius 2 is 1.39 bits per heavy atom. The van der Waals surface area contributed by atoms with E-state index in [0.29, 0.717) is 31.9 Å². The van der Waals surface area contributed by atoms with Crippen LogP contribution in [0.3, 0.4) is 0 Å². The Balaban J connectivity index is 1.02. The van der Waals surface area contributed by atoms with Gasteiger partial charge >= 0.3 is 0 Å². The predicted octanol–water partition coefficient (Wildman–Crippen LogP) is 5.69. The summed E-state index contributed by atoms with van der Waals surface area (Å²) < 4.78 is 5.78. The number of nitrogens with zero attached hydrogens (tertiary/aromatic N) is 4. The van der Waals surface area contributed by atoms with Gasteiger partial charge in [0.15, 0.2) is 12.4 Å². The van der Waals surface area contributed by atoms with Crippen molar-refractivity contribution in [2.45, 2.75) is 0 Å². The summed E-state index contributed by atoms with van der Waals surface area (Å²) in [6, 6.07) is 36.6. The Kier molecular flexibility index (Phi) is 6.68. The van der Waals surface area contributed by atoms with E-state index in [1.165, 1.54) is 10.8 Å². The van der Waals surface area contributed by atoms with E-state index in [2.05, 4.69) is 51.5 Å². The van der Waals surface area contributed by atoms with Crippen LogP contribution in [-0.2, 0) is 4.79 Å². The quantitative estimate of drug-likeness (QED) is 0.300. The molecular weight excluding hydrogens is 472 g/mol. The zero-order chi connectivity index (χ0) is 25.7. The highest BCUT2D eigenvalue weighted by atomic mass is 16.5. The van der Waals surface area contributed by atoms with Crippen LogP contribution in [-0.4, -0.2) is 53.8 Å². The van der Waals surface area contributed by atoms with Crippen LogP contribution in [0.25, 0.3) is 33.2 Å². The lowest BCUT2D eigenvalue weighted by Gasteiger charge is -2.35. The van der Waals surface area contributed by atoms with Gasteiger partial charge in [0.2, 0.25) is 0 Å². The van der Waals surface area contributed by atoms with Crippen molar-refractivity contribution in [1.29, 1.82) is 0 Å². The molecule has 0 radical (unpaired) electrons. The largest absolute Gasteiger partial charge is 0.484 e. The van der Waals surface area contributed by atoms with E-state index in [1.807, 2.05) is 77.7 Å². The van der Waals surface area contributed by atoms with Crippen LogP contribution in [0.2, 0.25) is 0 Å².